The van der Waals surface area contributed by atoms with Gasteiger partial charge in [0.2, 0.25) is 0 Å². The number of ether oxygens (including phenoxy) is 1. The summed E-state index contributed by atoms with van der Waals surface area (Å²) in [6.45, 7) is 9.35. The summed E-state index contributed by atoms with van der Waals surface area (Å²) in [6, 6.07) is 8.87. The van der Waals surface area contributed by atoms with Gasteiger partial charge in [-0.1, -0.05) is 12.1 Å². The van der Waals surface area contributed by atoms with E-state index >= 15 is 0 Å². The highest BCUT2D eigenvalue weighted by Crippen LogP contribution is 2.15. The summed E-state index contributed by atoms with van der Waals surface area (Å²) >= 11 is 0. The topological polar surface area (TPSA) is 24.5 Å². The average Bonchev–Trinajstić information content (AvgIpc) is 2.95. The van der Waals surface area contributed by atoms with Gasteiger partial charge in [0.1, 0.15) is 0 Å². The number of nitrogens with zero attached hydrogens (tertiary/aromatic N) is 1. The normalized spacial score (nSPS) is 17.8. The Bertz CT molecular complexity index is 359. The van der Waals surface area contributed by atoms with Crippen molar-refractivity contribution in [3.8, 4) is 0 Å². The SMILES string of the molecule is CCN(CC)c1ccc(CNCC2CCCO2)cc1.Cl. The van der Waals surface area contributed by atoms with Crippen molar-refractivity contribution in [3.63, 3.8) is 0 Å². The number of nitrogens with one attached hydrogen (secondary N) is 1. The first-order valence-electron chi connectivity index (χ1n) is 7.49. The largest absolute Gasteiger partial charge is 0.377 e. The molecule has 0 saturated carbocycles. The van der Waals surface area contributed by atoms with Gasteiger partial charge in [-0.25, -0.2) is 0 Å². The number of hydrogen-bond acceptors (Lipinski definition) is 3. The van der Waals surface area contributed by atoms with Crippen molar-refractivity contribution < 1.29 is 4.74 Å². The van der Waals surface area contributed by atoms with Gasteiger partial charge in [0, 0.05) is 38.5 Å². The maximum Gasteiger partial charge on any atom is 0.0700 e. The Morgan fingerprint density at radius 3 is 2.45 bits per heavy atom. The molecule has 114 valence electrons. The summed E-state index contributed by atoms with van der Waals surface area (Å²) in [5.41, 5.74) is 2.65. The minimum absolute atomic E-state index is 0. The van der Waals surface area contributed by atoms with E-state index in [1.165, 1.54) is 24.1 Å². The van der Waals surface area contributed by atoms with E-state index in [0.717, 1.165) is 32.8 Å². The molecule has 1 unspecified atom stereocenters. The highest BCUT2D eigenvalue weighted by molar-refractivity contribution is 5.85. The average molecular weight is 299 g/mol. The fourth-order valence-electron chi connectivity index (χ4n) is 2.60. The van der Waals surface area contributed by atoms with Crippen LogP contribution in [0, 0.1) is 0 Å². The van der Waals surface area contributed by atoms with Gasteiger partial charge in [0.05, 0.1) is 6.10 Å². The first-order chi connectivity index (χ1) is 9.33. The number of anilines is 1. The summed E-state index contributed by atoms with van der Waals surface area (Å²) in [7, 11) is 0. The predicted octanol–water partition coefficient (Wildman–Crippen LogP) is 3.22. The summed E-state index contributed by atoms with van der Waals surface area (Å²) in [6.07, 6.45) is 2.84. The molecular formula is C16H27ClN2O. The van der Waals surface area contributed by atoms with Crippen molar-refractivity contribution in [1.29, 1.82) is 0 Å². The maximum absolute atomic E-state index is 5.60. The van der Waals surface area contributed by atoms with Crippen molar-refractivity contribution in [2.75, 3.05) is 31.1 Å². The van der Waals surface area contributed by atoms with Crippen molar-refractivity contribution >= 4 is 18.1 Å². The van der Waals surface area contributed by atoms with E-state index in [1.807, 2.05) is 0 Å². The Labute approximate surface area is 129 Å². The van der Waals surface area contributed by atoms with Crippen LogP contribution in [0.1, 0.15) is 32.3 Å². The van der Waals surface area contributed by atoms with Crippen LogP contribution in [0.5, 0.6) is 0 Å². The fourth-order valence-corrected chi connectivity index (χ4v) is 2.60. The lowest BCUT2D eigenvalue weighted by Crippen LogP contribution is -2.26. The van der Waals surface area contributed by atoms with Gasteiger partial charge in [-0.3, -0.25) is 0 Å². The van der Waals surface area contributed by atoms with Gasteiger partial charge in [0.25, 0.3) is 0 Å². The molecule has 1 aliphatic heterocycles. The van der Waals surface area contributed by atoms with Gasteiger partial charge in [-0.2, -0.15) is 0 Å². The van der Waals surface area contributed by atoms with E-state index in [9.17, 15) is 0 Å². The Hall–Kier alpha value is -0.770. The molecule has 1 heterocycles. The quantitative estimate of drug-likeness (QED) is 0.836. The van der Waals surface area contributed by atoms with E-state index in [1.54, 1.807) is 0 Å². The fraction of sp³-hybridized carbons (Fsp3) is 0.625. The minimum atomic E-state index is 0. The third-order valence-electron chi connectivity index (χ3n) is 3.79. The van der Waals surface area contributed by atoms with E-state index in [0.29, 0.717) is 6.10 Å². The zero-order chi connectivity index (χ0) is 13.5. The summed E-state index contributed by atoms with van der Waals surface area (Å²) < 4.78 is 5.60. The molecule has 2 rings (SSSR count). The smallest absolute Gasteiger partial charge is 0.0700 e. The van der Waals surface area contributed by atoms with E-state index < -0.39 is 0 Å². The molecule has 4 heteroatoms. The van der Waals surface area contributed by atoms with Crippen LogP contribution in [0.3, 0.4) is 0 Å². The number of benzene rings is 1. The molecule has 20 heavy (non-hydrogen) atoms. The lowest BCUT2D eigenvalue weighted by molar-refractivity contribution is 0.110. The lowest BCUT2D eigenvalue weighted by atomic mass is 10.2. The molecule has 0 spiro atoms. The third kappa shape index (κ3) is 4.97. The molecule has 1 N–H and O–H groups in total. The molecule has 0 radical (unpaired) electrons. The van der Waals surface area contributed by atoms with Gasteiger partial charge in [-0.05, 0) is 44.4 Å². The Morgan fingerprint density at radius 1 is 1.20 bits per heavy atom. The van der Waals surface area contributed by atoms with Crippen LogP contribution in [0.15, 0.2) is 24.3 Å². The Balaban J connectivity index is 0.00000200. The van der Waals surface area contributed by atoms with Crippen LogP contribution in [-0.4, -0.2) is 32.3 Å². The van der Waals surface area contributed by atoms with Gasteiger partial charge >= 0.3 is 0 Å². The van der Waals surface area contributed by atoms with Crippen LogP contribution in [-0.2, 0) is 11.3 Å². The second kappa shape index (κ2) is 9.22. The zero-order valence-corrected chi connectivity index (χ0v) is 13.4. The van der Waals surface area contributed by atoms with E-state index in [-0.39, 0.29) is 12.4 Å². The first-order valence-corrected chi connectivity index (χ1v) is 7.49. The molecule has 0 bridgehead atoms. The monoisotopic (exact) mass is 298 g/mol. The molecule has 0 aromatic heterocycles. The summed E-state index contributed by atoms with van der Waals surface area (Å²) in [5, 5.41) is 3.48. The summed E-state index contributed by atoms with van der Waals surface area (Å²) in [4.78, 5) is 2.36. The maximum atomic E-state index is 5.60. The molecule has 1 aromatic rings. The van der Waals surface area contributed by atoms with Gasteiger partial charge in [-0.15, -0.1) is 12.4 Å². The van der Waals surface area contributed by atoms with E-state index in [2.05, 4.69) is 48.3 Å². The molecule has 1 atom stereocenters. The predicted molar refractivity (Wildman–Crippen MR) is 87.9 cm³/mol. The molecule has 0 aliphatic carbocycles. The van der Waals surface area contributed by atoms with Crippen molar-refractivity contribution in [2.45, 2.75) is 39.3 Å². The number of hydrogen-bond donors (Lipinski definition) is 1. The van der Waals surface area contributed by atoms with Crippen LogP contribution in [0.25, 0.3) is 0 Å². The second-order valence-corrected chi connectivity index (χ2v) is 5.10. The van der Waals surface area contributed by atoms with Crippen LogP contribution >= 0.6 is 12.4 Å². The third-order valence-corrected chi connectivity index (χ3v) is 3.79. The molecule has 1 saturated heterocycles. The lowest BCUT2D eigenvalue weighted by Gasteiger charge is -2.21. The highest BCUT2D eigenvalue weighted by atomic mass is 35.5. The first kappa shape index (κ1) is 17.3. The molecular weight excluding hydrogens is 272 g/mol. The van der Waals surface area contributed by atoms with Crippen LogP contribution < -0.4 is 10.2 Å². The van der Waals surface area contributed by atoms with Crippen LogP contribution in [0.4, 0.5) is 5.69 Å². The van der Waals surface area contributed by atoms with Crippen LogP contribution in [0.2, 0.25) is 0 Å². The number of rotatable bonds is 7. The van der Waals surface area contributed by atoms with Gasteiger partial charge in [0.15, 0.2) is 0 Å². The van der Waals surface area contributed by atoms with Crippen molar-refractivity contribution in [2.24, 2.45) is 0 Å². The van der Waals surface area contributed by atoms with E-state index in [4.69, 9.17) is 4.74 Å². The molecule has 1 aliphatic rings. The second-order valence-electron chi connectivity index (χ2n) is 5.10. The standard InChI is InChI=1S/C16H26N2O.ClH/c1-3-18(4-2)15-9-7-14(8-10-15)12-17-13-16-6-5-11-19-16;/h7-10,16-17H,3-6,11-13H2,1-2H3;1H. The van der Waals surface area contributed by atoms with Crippen molar-refractivity contribution in [1.82, 2.24) is 5.32 Å². The number of halogens is 1. The van der Waals surface area contributed by atoms with Gasteiger partial charge < -0.3 is 15.0 Å². The zero-order valence-electron chi connectivity index (χ0n) is 12.6. The molecule has 0 amide bonds. The Kier molecular flexibility index (Phi) is 7.97. The highest BCUT2D eigenvalue weighted by Gasteiger charge is 2.14. The molecule has 3 nitrogen and oxygen atoms in total. The Morgan fingerprint density at radius 2 is 1.90 bits per heavy atom. The summed E-state index contributed by atoms with van der Waals surface area (Å²) in [5.74, 6) is 0. The minimum Gasteiger partial charge on any atom is -0.377 e. The van der Waals surface area contributed by atoms with Crippen molar-refractivity contribution in [3.05, 3.63) is 29.8 Å². The molecule has 1 fully saturated rings. The molecule has 1 aromatic carbocycles.